The van der Waals surface area contributed by atoms with E-state index < -0.39 is 0 Å². The molecule has 0 fully saturated rings. The lowest BCUT2D eigenvalue weighted by atomic mass is 10.1. The minimum absolute atomic E-state index is 0.217. The van der Waals surface area contributed by atoms with Gasteiger partial charge in [-0.2, -0.15) is 5.26 Å². The largest absolute Gasteiger partial charge is 0.306 e. The fourth-order valence-electron chi connectivity index (χ4n) is 1.79. The summed E-state index contributed by atoms with van der Waals surface area (Å²) in [5.74, 6) is 0. The van der Waals surface area contributed by atoms with Gasteiger partial charge < -0.3 is 5.32 Å². The maximum absolute atomic E-state index is 8.79. The molecular weight excluding hydrogens is 258 g/mol. The van der Waals surface area contributed by atoms with Gasteiger partial charge in [-0.25, -0.2) is 0 Å². The zero-order chi connectivity index (χ0) is 13.7. The van der Waals surface area contributed by atoms with Gasteiger partial charge in [0.2, 0.25) is 0 Å². The summed E-state index contributed by atoms with van der Waals surface area (Å²) in [6.45, 7) is 2.75. The highest BCUT2D eigenvalue weighted by Gasteiger charge is 2.06. The molecular formula is C15H14ClN3. The van der Waals surface area contributed by atoms with Crippen molar-refractivity contribution in [3.8, 4) is 6.07 Å². The zero-order valence-electron chi connectivity index (χ0n) is 10.6. The molecule has 0 bridgehead atoms. The van der Waals surface area contributed by atoms with Gasteiger partial charge in [0.05, 0.1) is 11.6 Å². The monoisotopic (exact) mass is 271 g/mol. The van der Waals surface area contributed by atoms with E-state index in [1.165, 1.54) is 5.56 Å². The Balaban J connectivity index is 2.01. The molecule has 1 heterocycles. The Hall–Kier alpha value is -1.89. The van der Waals surface area contributed by atoms with Crippen LogP contribution in [0.1, 0.15) is 29.7 Å². The van der Waals surface area contributed by atoms with Crippen LogP contribution in [0.15, 0.2) is 42.7 Å². The third kappa shape index (κ3) is 3.54. The molecule has 2 rings (SSSR count). The molecule has 0 radical (unpaired) electrons. The van der Waals surface area contributed by atoms with Crippen molar-refractivity contribution in [1.82, 2.24) is 10.3 Å². The lowest BCUT2D eigenvalue weighted by Gasteiger charge is -2.14. The Morgan fingerprint density at radius 1 is 1.32 bits per heavy atom. The van der Waals surface area contributed by atoms with Crippen LogP contribution in [0.2, 0.25) is 5.02 Å². The van der Waals surface area contributed by atoms with E-state index in [1.807, 2.05) is 18.2 Å². The molecule has 0 saturated heterocycles. The third-order valence-electron chi connectivity index (χ3n) is 2.99. The topological polar surface area (TPSA) is 48.7 Å². The first-order valence-corrected chi connectivity index (χ1v) is 6.40. The van der Waals surface area contributed by atoms with E-state index in [0.717, 1.165) is 5.56 Å². The van der Waals surface area contributed by atoms with Gasteiger partial charge in [0.25, 0.3) is 0 Å². The maximum atomic E-state index is 8.79. The number of nitriles is 1. The first-order chi connectivity index (χ1) is 9.20. The van der Waals surface area contributed by atoms with Crippen molar-refractivity contribution >= 4 is 11.6 Å². The average Bonchev–Trinajstić information content (AvgIpc) is 2.46. The van der Waals surface area contributed by atoms with E-state index in [4.69, 9.17) is 16.9 Å². The highest BCUT2D eigenvalue weighted by atomic mass is 35.5. The number of aromatic nitrogens is 1. The number of benzene rings is 1. The number of pyridine rings is 1. The maximum Gasteiger partial charge on any atom is 0.0992 e. The van der Waals surface area contributed by atoms with Crippen molar-refractivity contribution in [1.29, 1.82) is 5.26 Å². The molecule has 96 valence electrons. The molecule has 19 heavy (non-hydrogen) atoms. The summed E-state index contributed by atoms with van der Waals surface area (Å²) < 4.78 is 0. The van der Waals surface area contributed by atoms with Crippen LogP contribution in [0.5, 0.6) is 0 Å². The van der Waals surface area contributed by atoms with Crippen LogP contribution in [0.25, 0.3) is 0 Å². The van der Waals surface area contributed by atoms with Gasteiger partial charge in [-0.3, -0.25) is 4.98 Å². The third-order valence-corrected chi connectivity index (χ3v) is 3.34. The van der Waals surface area contributed by atoms with Crippen LogP contribution in [0, 0.1) is 11.3 Å². The van der Waals surface area contributed by atoms with E-state index in [0.29, 0.717) is 17.1 Å². The van der Waals surface area contributed by atoms with Crippen LogP contribution in [-0.2, 0) is 6.54 Å². The van der Waals surface area contributed by atoms with Gasteiger partial charge in [0, 0.05) is 30.0 Å². The summed E-state index contributed by atoms with van der Waals surface area (Å²) in [5.41, 5.74) is 2.75. The van der Waals surface area contributed by atoms with Crippen LogP contribution in [-0.4, -0.2) is 4.98 Å². The first kappa shape index (κ1) is 13.5. The zero-order valence-corrected chi connectivity index (χ0v) is 11.4. The van der Waals surface area contributed by atoms with E-state index in [2.05, 4.69) is 23.3 Å². The van der Waals surface area contributed by atoms with Crippen molar-refractivity contribution in [2.24, 2.45) is 0 Å². The Kier molecular flexibility index (Phi) is 4.51. The summed E-state index contributed by atoms with van der Waals surface area (Å²) in [7, 11) is 0. The van der Waals surface area contributed by atoms with E-state index in [-0.39, 0.29) is 6.04 Å². The van der Waals surface area contributed by atoms with Crippen molar-refractivity contribution in [2.45, 2.75) is 19.5 Å². The quantitative estimate of drug-likeness (QED) is 0.926. The van der Waals surface area contributed by atoms with Crippen molar-refractivity contribution in [3.05, 3.63) is 64.4 Å². The number of halogens is 1. The minimum Gasteiger partial charge on any atom is -0.306 e. The Morgan fingerprint density at radius 2 is 2.05 bits per heavy atom. The van der Waals surface area contributed by atoms with E-state index in [1.54, 1.807) is 24.5 Å². The van der Waals surface area contributed by atoms with E-state index in [9.17, 15) is 0 Å². The molecule has 0 aliphatic rings. The summed E-state index contributed by atoms with van der Waals surface area (Å²) >= 11 is 6.14. The number of rotatable bonds is 4. The summed E-state index contributed by atoms with van der Waals surface area (Å²) in [6, 6.07) is 11.6. The molecule has 1 aromatic heterocycles. The predicted molar refractivity (Wildman–Crippen MR) is 75.7 cm³/mol. The molecule has 0 aliphatic heterocycles. The molecule has 0 spiro atoms. The Morgan fingerprint density at radius 3 is 2.68 bits per heavy atom. The van der Waals surface area contributed by atoms with Crippen molar-refractivity contribution < 1.29 is 0 Å². The highest BCUT2D eigenvalue weighted by Crippen LogP contribution is 2.19. The summed E-state index contributed by atoms with van der Waals surface area (Å²) in [4.78, 5) is 4.00. The molecule has 0 unspecified atom stereocenters. The molecule has 1 aromatic carbocycles. The second-order valence-corrected chi connectivity index (χ2v) is 4.71. The minimum atomic E-state index is 0.217. The van der Waals surface area contributed by atoms with Gasteiger partial charge in [0.1, 0.15) is 0 Å². The lowest BCUT2D eigenvalue weighted by Crippen LogP contribution is -2.18. The molecule has 1 N–H and O–H groups in total. The fraction of sp³-hybridized carbons (Fsp3) is 0.200. The van der Waals surface area contributed by atoms with Gasteiger partial charge >= 0.3 is 0 Å². The molecule has 3 nitrogen and oxygen atoms in total. The van der Waals surface area contributed by atoms with Crippen LogP contribution < -0.4 is 5.32 Å². The second kappa shape index (κ2) is 6.33. The molecule has 0 saturated carbocycles. The van der Waals surface area contributed by atoms with Crippen molar-refractivity contribution in [2.75, 3.05) is 0 Å². The van der Waals surface area contributed by atoms with Gasteiger partial charge in [-0.15, -0.1) is 0 Å². The fourth-order valence-corrected chi connectivity index (χ4v) is 2.04. The summed E-state index contributed by atoms with van der Waals surface area (Å²) in [5, 5.41) is 12.8. The SMILES string of the molecule is C[C@@H](NCc1ccc(C#N)cc1Cl)c1ccncc1. The van der Waals surface area contributed by atoms with Gasteiger partial charge in [0.15, 0.2) is 0 Å². The molecule has 0 aliphatic carbocycles. The molecule has 0 amide bonds. The number of hydrogen-bond donors (Lipinski definition) is 1. The van der Waals surface area contributed by atoms with E-state index >= 15 is 0 Å². The number of nitrogens with zero attached hydrogens (tertiary/aromatic N) is 2. The Labute approximate surface area is 117 Å². The molecule has 1 atom stereocenters. The molecule has 2 aromatic rings. The Bertz CT molecular complexity index is 590. The lowest BCUT2D eigenvalue weighted by molar-refractivity contribution is 0.574. The normalized spacial score (nSPS) is 11.8. The van der Waals surface area contributed by atoms with Crippen LogP contribution >= 0.6 is 11.6 Å². The average molecular weight is 272 g/mol. The van der Waals surface area contributed by atoms with Crippen molar-refractivity contribution in [3.63, 3.8) is 0 Å². The second-order valence-electron chi connectivity index (χ2n) is 4.30. The smallest absolute Gasteiger partial charge is 0.0992 e. The van der Waals surface area contributed by atoms with Gasteiger partial charge in [-0.1, -0.05) is 17.7 Å². The standard InChI is InChI=1S/C15H14ClN3/c1-11(13-4-6-18-7-5-13)19-10-14-3-2-12(9-17)8-15(14)16/h2-8,11,19H,10H2,1H3/t11-/m1/s1. The predicted octanol–water partition coefficient (Wildman–Crippen LogP) is 3.46. The summed E-state index contributed by atoms with van der Waals surface area (Å²) in [6.07, 6.45) is 3.56. The van der Waals surface area contributed by atoms with Crippen LogP contribution in [0.4, 0.5) is 0 Å². The number of hydrogen-bond acceptors (Lipinski definition) is 3. The highest BCUT2D eigenvalue weighted by molar-refractivity contribution is 6.31. The van der Waals surface area contributed by atoms with Crippen LogP contribution in [0.3, 0.4) is 0 Å². The molecule has 4 heteroatoms. The van der Waals surface area contributed by atoms with Gasteiger partial charge in [-0.05, 0) is 42.3 Å². The number of nitrogens with one attached hydrogen (secondary N) is 1. The first-order valence-electron chi connectivity index (χ1n) is 6.02.